The van der Waals surface area contributed by atoms with Crippen molar-refractivity contribution < 1.29 is 0 Å². The number of aromatic amines is 1. The molecule has 0 saturated carbocycles. The first-order valence-electron chi connectivity index (χ1n) is 4.60. The Labute approximate surface area is 73.6 Å². The van der Waals surface area contributed by atoms with Crippen molar-refractivity contribution in [3.8, 4) is 0 Å². The van der Waals surface area contributed by atoms with Crippen LogP contribution in [0.15, 0.2) is 6.20 Å². The van der Waals surface area contributed by atoms with Crippen LogP contribution in [0.1, 0.15) is 31.8 Å². The van der Waals surface area contributed by atoms with E-state index >= 15 is 0 Å². The molecule has 0 amide bonds. The molecule has 0 aliphatic heterocycles. The summed E-state index contributed by atoms with van der Waals surface area (Å²) >= 11 is 0. The molecule has 68 valence electrons. The molecule has 0 aliphatic rings. The lowest BCUT2D eigenvalue weighted by molar-refractivity contribution is 0.710. The molecule has 0 saturated heterocycles. The van der Waals surface area contributed by atoms with Gasteiger partial charge in [-0.2, -0.15) is 0 Å². The van der Waals surface area contributed by atoms with E-state index < -0.39 is 0 Å². The van der Waals surface area contributed by atoms with E-state index in [9.17, 15) is 0 Å². The van der Waals surface area contributed by atoms with Gasteiger partial charge in [0.05, 0.1) is 0 Å². The summed E-state index contributed by atoms with van der Waals surface area (Å²) in [5, 5.41) is 3.25. The fourth-order valence-corrected chi connectivity index (χ4v) is 1.12. The maximum atomic E-state index is 4.26. The maximum absolute atomic E-state index is 4.26. The second-order valence-corrected chi connectivity index (χ2v) is 2.89. The van der Waals surface area contributed by atoms with Crippen LogP contribution in [0.5, 0.6) is 0 Å². The number of imidazole rings is 1. The van der Waals surface area contributed by atoms with E-state index in [-0.39, 0.29) is 0 Å². The van der Waals surface area contributed by atoms with E-state index in [0.29, 0.717) is 0 Å². The lowest BCUT2D eigenvalue weighted by Crippen LogP contribution is -2.11. The normalized spacial score (nSPS) is 10.5. The highest BCUT2D eigenvalue weighted by Gasteiger charge is 1.97. The minimum atomic E-state index is 0.896. The number of hydrogen-bond acceptors (Lipinski definition) is 2. The van der Waals surface area contributed by atoms with Gasteiger partial charge in [-0.15, -0.1) is 0 Å². The van der Waals surface area contributed by atoms with Gasteiger partial charge in [0.2, 0.25) is 0 Å². The Morgan fingerprint density at radius 2 is 2.33 bits per heavy atom. The van der Waals surface area contributed by atoms with Crippen LogP contribution in [0.4, 0.5) is 0 Å². The third-order valence-electron chi connectivity index (χ3n) is 1.73. The van der Waals surface area contributed by atoms with Crippen LogP contribution in [0.3, 0.4) is 0 Å². The molecule has 2 N–H and O–H groups in total. The molecule has 0 aliphatic carbocycles. The SMILES string of the molecule is CCCc1ncc(CNCC)[nH]1. The third kappa shape index (κ3) is 2.66. The smallest absolute Gasteiger partial charge is 0.106 e. The molecule has 0 radical (unpaired) electrons. The third-order valence-corrected chi connectivity index (χ3v) is 1.73. The minimum Gasteiger partial charge on any atom is -0.345 e. The zero-order chi connectivity index (χ0) is 8.81. The topological polar surface area (TPSA) is 40.7 Å². The zero-order valence-corrected chi connectivity index (χ0v) is 7.85. The van der Waals surface area contributed by atoms with Gasteiger partial charge < -0.3 is 10.3 Å². The second kappa shape index (κ2) is 4.93. The highest BCUT2D eigenvalue weighted by molar-refractivity contribution is 5.00. The van der Waals surface area contributed by atoms with Crippen molar-refractivity contribution in [2.24, 2.45) is 0 Å². The highest BCUT2D eigenvalue weighted by Crippen LogP contribution is 1.99. The Balaban J connectivity index is 2.41. The summed E-state index contributed by atoms with van der Waals surface area (Å²) in [5.41, 5.74) is 1.18. The minimum absolute atomic E-state index is 0.896. The van der Waals surface area contributed by atoms with E-state index in [4.69, 9.17) is 0 Å². The molecule has 0 aromatic carbocycles. The largest absolute Gasteiger partial charge is 0.345 e. The molecule has 0 atom stereocenters. The summed E-state index contributed by atoms with van der Waals surface area (Å²) in [5.74, 6) is 1.10. The number of H-pyrrole nitrogens is 1. The number of nitrogens with one attached hydrogen (secondary N) is 2. The Bertz CT molecular complexity index is 217. The fraction of sp³-hybridized carbons (Fsp3) is 0.667. The Hall–Kier alpha value is -0.830. The first-order chi connectivity index (χ1) is 5.86. The van der Waals surface area contributed by atoms with Crippen LogP contribution >= 0.6 is 0 Å². The van der Waals surface area contributed by atoms with Gasteiger partial charge in [-0.25, -0.2) is 4.98 Å². The lowest BCUT2D eigenvalue weighted by atomic mass is 10.3. The van der Waals surface area contributed by atoms with Crippen LogP contribution in [-0.2, 0) is 13.0 Å². The molecule has 3 nitrogen and oxygen atoms in total. The van der Waals surface area contributed by atoms with E-state index in [1.807, 2.05) is 6.20 Å². The van der Waals surface area contributed by atoms with E-state index in [1.54, 1.807) is 0 Å². The van der Waals surface area contributed by atoms with Crippen molar-refractivity contribution in [1.29, 1.82) is 0 Å². The van der Waals surface area contributed by atoms with Crippen molar-refractivity contribution >= 4 is 0 Å². The first-order valence-corrected chi connectivity index (χ1v) is 4.60. The maximum Gasteiger partial charge on any atom is 0.106 e. The lowest BCUT2D eigenvalue weighted by Gasteiger charge is -1.96. The van der Waals surface area contributed by atoms with Gasteiger partial charge in [0.25, 0.3) is 0 Å². The molecule has 1 aromatic heterocycles. The molecular formula is C9H17N3. The van der Waals surface area contributed by atoms with Crippen molar-refractivity contribution in [2.75, 3.05) is 6.54 Å². The van der Waals surface area contributed by atoms with Gasteiger partial charge >= 0.3 is 0 Å². The summed E-state index contributed by atoms with van der Waals surface area (Å²) in [6.45, 7) is 6.16. The highest BCUT2D eigenvalue weighted by atomic mass is 15.0. The van der Waals surface area contributed by atoms with E-state index in [0.717, 1.165) is 31.8 Å². The molecular weight excluding hydrogens is 150 g/mol. The van der Waals surface area contributed by atoms with Crippen molar-refractivity contribution in [3.63, 3.8) is 0 Å². The Morgan fingerprint density at radius 3 is 3.00 bits per heavy atom. The predicted molar refractivity (Wildman–Crippen MR) is 50.0 cm³/mol. The molecule has 0 fully saturated rings. The van der Waals surface area contributed by atoms with Crippen molar-refractivity contribution in [1.82, 2.24) is 15.3 Å². The summed E-state index contributed by atoms with van der Waals surface area (Å²) in [6.07, 6.45) is 4.11. The number of aryl methyl sites for hydroxylation is 1. The molecule has 1 rings (SSSR count). The van der Waals surface area contributed by atoms with Crippen molar-refractivity contribution in [3.05, 3.63) is 17.7 Å². The average Bonchev–Trinajstić information content (AvgIpc) is 2.50. The second-order valence-electron chi connectivity index (χ2n) is 2.89. The summed E-state index contributed by atoms with van der Waals surface area (Å²) in [7, 11) is 0. The van der Waals surface area contributed by atoms with Gasteiger partial charge in [0.1, 0.15) is 5.82 Å². The monoisotopic (exact) mass is 167 g/mol. The summed E-state index contributed by atoms with van der Waals surface area (Å²) in [4.78, 5) is 7.54. The molecule has 1 aromatic rings. The van der Waals surface area contributed by atoms with Gasteiger partial charge in [0.15, 0.2) is 0 Å². The quantitative estimate of drug-likeness (QED) is 0.697. The summed E-state index contributed by atoms with van der Waals surface area (Å²) < 4.78 is 0. The number of hydrogen-bond donors (Lipinski definition) is 2. The van der Waals surface area contributed by atoms with Crippen LogP contribution in [-0.4, -0.2) is 16.5 Å². The number of nitrogens with zero attached hydrogens (tertiary/aromatic N) is 1. The molecule has 0 bridgehead atoms. The Morgan fingerprint density at radius 1 is 1.50 bits per heavy atom. The van der Waals surface area contributed by atoms with Gasteiger partial charge in [0, 0.05) is 24.9 Å². The first kappa shape index (κ1) is 9.26. The van der Waals surface area contributed by atoms with Crippen LogP contribution in [0.2, 0.25) is 0 Å². The number of aromatic nitrogens is 2. The molecule has 1 heterocycles. The van der Waals surface area contributed by atoms with Gasteiger partial charge in [-0.1, -0.05) is 13.8 Å². The van der Waals surface area contributed by atoms with Crippen LogP contribution < -0.4 is 5.32 Å². The molecule has 12 heavy (non-hydrogen) atoms. The Kier molecular flexibility index (Phi) is 3.80. The van der Waals surface area contributed by atoms with E-state index in [2.05, 4.69) is 29.1 Å². The van der Waals surface area contributed by atoms with Gasteiger partial charge in [-0.3, -0.25) is 0 Å². The molecule has 0 unspecified atom stereocenters. The fourth-order valence-electron chi connectivity index (χ4n) is 1.12. The molecule has 0 spiro atoms. The van der Waals surface area contributed by atoms with Crippen molar-refractivity contribution in [2.45, 2.75) is 33.2 Å². The predicted octanol–water partition coefficient (Wildman–Crippen LogP) is 1.47. The van der Waals surface area contributed by atoms with E-state index in [1.165, 1.54) is 5.69 Å². The van der Waals surface area contributed by atoms with Gasteiger partial charge in [-0.05, 0) is 13.0 Å². The standard InChI is InChI=1S/C9H17N3/c1-3-5-9-11-7-8(12-9)6-10-4-2/h7,10H,3-6H2,1-2H3,(H,11,12). The number of rotatable bonds is 5. The average molecular weight is 167 g/mol. The summed E-state index contributed by atoms with van der Waals surface area (Å²) in [6, 6.07) is 0. The zero-order valence-electron chi connectivity index (χ0n) is 7.85. The molecule has 3 heteroatoms. The van der Waals surface area contributed by atoms with Crippen LogP contribution in [0.25, 0.3) is 0 Å². The van der Waals surface area contributed by atoms with Crippen LogP contribution in [0, 0.1) is 0 Å².